The van der Waals surface area contributed by atoms with Gasteiger partial charge in [0, 0.05) is 13.1 Å². The van der Waals surface area contributed by atoms with Crippen molar-refractivity contribution in [3.63, 3.8) is 0 Å². The molecular weight excluding hydrogens is 238 g/mol. The second-order valence-electron chi connectivity index (χ2n) is 4.77. The first-order valence-corrected chi connectivity index (χ1v) is 6.58. The summed E-state index contributed by atoms with van der Waals surface area (Å²) in [5.74, 6) is 2.89. The fraction of sp³-hybridized carbons (Fsp3) is 0.333. The predicted octanol–water partition coefficient (Wildman–Crippen LogP) is 3.11. The summed E-state index contributed by atoms with van der Waals surface area (Å²) in [5, 5.41) is 3.00. The van der Waals surface area contributed by atoms with E-state index in [0.717, 1.165) is 18.0 Å². The maximum Gasteiger partial charge on any atom is 0.224 e. The van der Waals surface area contributed by atoms with Crippen molar-refractivity contribution in [1.29, 1.82) is 0 Å². The maximum atomic E-state index is 5.84. The van der Waals surface area contributed by atoms with E-state index in [0.29, 0.717) is 11.7 Å². The molecule has 0 amide bonds. The smallest absolute Gasteiger partial charge is 0.224 e. The highest BCUT2D eigenvalue weighted by molar-refractivity contribution is 5.42. The van der Waals surface area contributed by atoms with E-state index in [4.69, 9.17) is 4.74 Å². The summed E-state index contributed by atoms with van der Waals surface area (Å²) in [5.41, 5.74) is 2.85. The summed E-state index contributed by atoms with van der Waals surface area (Å²) in [6.07, 6.45) is 3.58. The molecule has 1 aliphatic carbocycles. The number of nitrogens with one attached hydrogen (secondary N) is 1. The highest BCUT2D eigenvalue weighted by atomic mass is 16.5. The Morgan fingerprint density at radius 1 is 1.11 bits per heavy atom. The average molecular weight is 255 g/mol. The van der Waals surface area contributed by atoms with Gasteiger partial charge in [-0.25, -0.2) is 4.98 Å². The molecule has 0 radical (unpaired) electrons. The summed E-state index contributed by atoms with van der Waals surface area (Å²) in [6, 6.07) is 8.10. The van der Waals surface area contributed by atoms with Gasteiger partial charge in [0.1, 0.15) is 17.4 Å². The van der Waals surface area contributed by atoms with Crippen LogP contribution in [0, 0.1) is 6.92 Å². The van der Waals surface area contributed by atoms with Crippen molar-refractivity contribution in [2.45, 2.75) is 26.2 Å². The fourth-order valence-corrected chi connectivity index (χ4v) is 2.45. The monoisotopic (exact) mass is 255 g/mol. The summed E-state index contributed by atoms with van der Waals surface area (Å²) in [7, 11) is 1.83. The van der Waals surface area contributed by atoms with Crippen LogP contribution in [0.5, 0.6) is 11.6 Å². The number of hydrogen-bond acceptors (Lipinski definition) is 4. The molecule has 1 aromatic heterocycles. The van der Waals surface area contributed by atoms with Gasteiger partial charge in [0.15, 0.2) is 0 Å². The number of ether oxygens (including phenoxy) is 1. The highest BCUT2D eigenvalue weighted by Gasteiger charge is 2.12. The van der Waals surface area contributed by atoms with E-state index in [1.54, 1.807) is 6.07 Å². The molecule has 1 heterocycles. The lowest BCUT2D eigenvalue weighted by Crippen LogP contribution is -1.98. The zero-order valence-electron chi connectivity index (χ0n) is 11.2. The number of benzene rings is 1. The molecule has 0 atom stereocenters. The van der Waals surface area contributed by atoms with E-state index in [2.05, 4.69) is 27.4 Å². The minimum Gasteiger partial charge on any atom is -0.439 e. The molecule has 1 aliphatic rings. The van der Waals surface area contributed by atoms with Gasteiger partial charge in [-0.1, -0.05) is 6.07 Å². The van der Waals surface area contributed by atoms with Gasteiger partial charge in [-0.2, -0.15) is 4.98 Å². The Morgan fingerprint density at radius 3 is 2.79 bits per heavy atom. The molecule has 2 aromatic rings. The van der Waals surface area contributed by atoms with Gasteiger partial charge in [0.25, 0.3) is 0 Å². The van der Waals surface area contributed by atoms with Crippen LogP contribution in [0.25, 0.3) is 0 Å². The Morgan fingerprint density at radius 2 is 1.95 bits per heavy atom. The molecular formula is C15H17N3O. The van der Waals surface area contributed by atoms with Crippen LogP contribution in [0.4, 0.5) is 5.82 Å². The van der Waals surface area contributed by atoms with Crippen LogP contribution in [0.3, 0.4) is 0 Å². The number of fused-ring (bicyclic) bond motifs is 1. The van der Waals surface area contributed by atoms with E-state index >= 15 is 0 Å². The molecule has 0 spiro atoms. The molecule has 4 heteroatoms. The van der Waals surface area contributed by atoms with Crippen LogP contribution in [-0.4, -0.2) is 17.0 Å². The summed E-state index contributed by atoms with van der Waals surface area (Å²) in [6.45, 7) is 1.86. The van der Waals surface area contributed by atoms with Crippen molar-refractivity contribution in [2.24, 2.45) is 0 Å². The SMILES string of the molecule is CNc1cc(Oc2ccc3c(c2)CCC3)nc(C)n1. The van der Waals surface area contributed by atoms with Crippen molar-refractivity contribution in [1.82, 2.24) is 9.97 Å². The van der Waals surface area contributed by atoms with Gasteiger partial charge in [-0.05, 0) is 49.4 Å². The van der Waals surface area contributed by atoms with Crippen LogP contribution in [0.1, 0.15) is 23.4 Å². The topological polar surface area (TPSA) is 47.0 Å². The van der Waals surface area contributed by atoms with Crippen LogP contribution >= 0.6 is 0 Å². The van der Waals surface area contributed by atoms with Crippen LogP contribution in [0.15, 0.2) is 24.3 Å². The van der Waals surface area contributed by atoms with E-state index in [-0.39, 0.29) is 0 Å². The molecule has 0 bridgehead atoms. The van der Waals surface area contributed by atoms with Gasteiger partial charge in [-0.15, -0.1) is 0 Å². The predicted molar refractivity (Wildman–Crippen MR) is 74.9 cm³/mol. The second-order valence-corrected chi connectivity index (χ2v) is 4.77. The van der Waals surface area contributed by atoms with E-state index in [1.165, 1.54) is 24.0 Å². The summed E-state index contributed by atoms with van der Waals surface area (Å²) >= 11 is 0. The fourth-order valence-electron chi connectivity index (χ4n) is 2.45. The average Bonchev–Trinajstić information content (AvgIpc) is 2.85. The lowest BCUT2D eigenvalue weighted by Gasteiger charge is -2.09. The Balaban J connectivity index is 1.86. The third-order valence-electron chi connectivity index (χ3n) is 3.36. The van der Waals surface area contributed by atoms with Gasteiger partial charge in [-0.3, -0.25) is 0 Å². The van der Waals surface area contributed by atoms with Crippen molar-refractivity contribution >= 4 is 5.82 Å². The molecule has 1 aromatic carbocycles. The molecule has 19 heavy (non-hydrogen) atoms. The first-order valence-electron chi connectivity index (χ1n) is 6.58. The van der Waals surface area contributed by atoms with Gasteiger partial charge in [0.2, 0.25) is 5.88 Å². The van der Waals surface area contributed by atoms with E-state index in [1.807, 2.05) is 20.0 Å². The van der Waals surface area contributed by atoms with Crippen LogP contribution in [0.2, 0.25) is 0 Å². The van der Waals surface area contributed by atoms with Crippen LogP contribution in [-0.2, 0) is 12.8 Å². The molecule has 0 saturated carbocycles. The number of aryl methyl sites for hydroxylation is 3. The second kappa shape index (κ2) is 4.88. The molecule has 0 fully saturated rings. The van der Waals surface area contributed by atoms with Crippen LogP contribution < -0.4 is 10.1 Å². The molecule has 1 N–H and O–H groups in total. The zero-order chi connectivity index (χ0) is 13.2. The number of aromatic nitrogens is 2. The zero-order valence-corrected chi connectivity index (χ0v) is 11.2. The lowest BCUT2D eigenvalue weighted by molar-refractivity contribution is 0.459. The first kappa shape index (κ1) is 12.0. The van der Waals surface area contributed by atoms with Crippen molar-refractivity contribution in [3.05, 3.63) is 41.2 Å². The minimum absolute atomic E-state index is 0.579. The normalized spacial score (nSPS) is 13.2. The van der Waals surface area contributed by atoms with Gasteiger partial charge < -0.3 is 10.1 Å². The summed E-state index contributed by atoms with van der Waals surface area (Å²) in [4.78, 5) is 8.55. The number of hydrogen-bond donors (Lipinski definition) is 1. The van der Waals surface area contributed by atoms with Crippen molar-refractivity contribution < 1.29 is 4.74 Å². The first-order chi connectivity index (χ1) is 9.24. The third-order valence-corrected chi connectivity index (χ3v) is 3.36. The minimum atomic E-state index is 0.579. The van der Waals surface area contributed by atoms with Crippen molar-refractivity contribution in [3.8, 4) is 11.6 Å². The number of anilines is 1. The Bertz CT molecular complexity index is 610. The van der Waals surface area contributed by atoms with Gasteiger partial charge >= 0.3 is 0 Å². The molecule has 0 aliphatic heterocycles. The third kappa shape index (κ3) is 2.52. The quantitative estimate of drug-likeness (QED) is 0.915. The number of nitrogens with zero attached hydrogens (tertiary/aromatic N) is 2. The lowest BCUT2D eigenvalue weighted by atomic mass is 10.1. The number of rotatable bonds is 3. The molecule has 4 nitrogen and oxygen atoms in total. The van der Waals surface area contributed by atoms with Gasteiger partial charge in [0.05, 0.1) is 0 Å². The summed E-state index contributed by atoms with van der Waals surface area (Å²) < 4.78 is 5.84. The van der Waals surface area contributed by atoms with E-state index in [9.17, 15) is 0 Å². The van der Waals surface area contributed by atoms with E-state index < -0.39 is 0 Å². The maximum absolute atomic E-state index is 5.84. The highest BCUT2D eigenvalue weighted by Crippen LogP contribution is 2.28. The standard InChI is InChI=1S/C15H17N3O/c1-10-17-14(16-2)9-15(18-10)19-13-7-6-11-4-3-5-12(11)8-13/h6-9H,3-5H2,1-2H3,(H,16,17,18). The molecule has 0 saturated heterocycles. The Hall–Kier alpha value is -2.10. The Labute approximate surface area is 112 Å². The molecule has 98 valence electrons. The Kier molecular flexibility index (Phi) is 3.07. The molecule has 3 rings (SSSR count). The van der Waals surface area contributed by atoms with Crippen molar-refractivity contribution in [2.75, 3.05) is 12.4 Å². The molecule has 0 unspecified atom stereocenters. The largest absolute Gasteiger partial charge is 0.439 e.